The van der Waals surface area contributed by atoms with Gasteiger partial charge in [0, 0.05) is 24.6 Å². The zero-order chi connectivity index (χ0) is 14.0. The Morgan fingerprint density at radius 3 is 2.63 bits per heavy atom. The van der Waals surface area contributed by atoms with E-state index in [2.05, 4.69) is 4.98 Å². The van der Waals surface area contributed by atoms with Crippen molar-refractivity contribution in [1.82, 2.24) is 9.55 Å². The maximum Gasteiger partial charge on any atom is 0.168 e. The highest BCUT2D eigenvalue weighted by atomic mass is 16.1. The van der Waals surface area contributed by atoms with Crippen LogP contribution in [0.1, 0.15) is 40.5 Å². The summed E-state index contributed by atoms with van der Waals surface area (Å²) in [5.74, 6) is 0.798. The first-order valence-corrected chi connectivity index (χ1v) is 6.21. The largest absolute Gasteiger partial charge is 0.328 e. The Labute approximate surface area is 112 Å². The van der Waals surface area contributed by atoms with E-state index in [1.54, 1.807) is 10.6 Å². The van der Waals surface area contributed by atoms with Crippen LogP contribution in [0.4, 0.5) is 0 Å². The summed E-state index contributed by atoms with van der Waals surface area (Å²) in [5, 5.41) is 0. The van der Waals surface area contributed by atoms with Gasteiger partial charge in [-0.25, -0.2) is 4.98 Å². The van der Waals surface area contributed by atoms with E-state index in [1.165, 1.54) is 6.92 Å². The third-order valence-electron chi connectivity index (χ3n) is 3.22. The predicted octanol–water partition coefficient (Wildman–Crippen LogP) is 2.66. The number of Topliss-reactive ketones (excluding diaryl/α,β-unsaturated/α-hetero) is 1. The first-order valence-electron chi connectivity index (χ1n) is 6.21. The van der Waals surface area contributed by atoms with Gasteiger partial charge in [0.25, 0.3) is 0 Å². The second-order valence-electron chi connectivity index (χ2n) is 4.39. The highest BCUT2D eigenvalue weighted by molar-refractivity contribution is 6.02. The van der Waals surface area contributed by atoms with Crippen LogP contribution in [0.5, 0.6) is 0 Å². The van der Waals surface area contributed by atoms with Gasteiger partial charge in [-0.1, -0.05) is 31.2 Å². The van der Waals surface area contributed by atoms with Crippen LogP contribution < -0.4 is 0 Å². The molecule has 0 spiro atoms. The van der Waals surface area contributed by atoms with Crippen LogP contribution in [0.3, 0.4) is 0 Å². The molecule has 19 heavy (non-hydrogen) atoms. The van der Waals surface area contributed by atoms with Crippen molar-refractivity contribution in [2.45, 2.75) is 20.3 Å². The van der Waals surface area contributed by atoms with Gasteiger partial charge in [0.1, 0.15) is 17.2 Å². The number of aryl methyl sites for hydroxylation is 1. The van der Waals surface area contributed by atoms with E-state index in [0.29, 0.717) is 22.5 Å². The Balaban J connectivity index is 2.72. The van der Waals surface area contributed by atoms with Crippen LogP contribution in [-0.4, -0.2) is 21.6 Å². The third-order valence-corrected chi connectivity index (χ3v) is 3.22. The van der Waals surface area contributed by atoms with Crippen molar-refractivity contribution in [1.29, 1.82) is 0 Å². The number of benzene rings is 1. The zero-order valence-electron chi connectivity index (χ0n) is 11.3. The average Bonchev–Trinajstić information content (AvgIpc) is 2.74. The van der Waals surface area contributed by atoms with E-state index in [-0.39, 0.29) is 5.78 Å². The number of hydrogen-bond acceptors (Lipinski definition) is 3. The number of rotatable bonds is 4. The highest BCUT2D eigenvalue weighted by Gasteiger charge is 2.18. The first kappa shape index (κ1) is 13.2. The number of carbonyl (C=O) groups excluding carboxylic acids is 2. The summed E-state index contributed by atoms with van der Waals surface area (Å²) < 4.78 is 1.78. The molecule has 4 nitrogen and oxygen atoms in total. The monoisotopic (exact) mass is 256 g/mol. The topological polar surface area (TPSA) is 52.0 Å². The molecule has 1 aromatic carbocycles. The van der Waals surface area contributed by atoms with Gasteiger partial charge in [0.05, 0.1) is 0 Å². The smallest absolute Gasteiger partial charge is 0.168 e. The molecular formula is C15H16N2O2. The lowest BCUT2D eigenvalue weighted by Crippen LogP contribution is -2.01. The van der Waals surface area contributed by atoms with E-state index in [0.717, 1.165) is 18.5 Å². The van der Waals surface area contributed by atoms with Crippen LogP contribution in [0, 0.1) is 0 Å². The van der Waals surface area contributed by atoms with Crippen molar-refractivity contribution in [3.8, 4) is 11.3 Å². The van der Waals surface area contributed by atoms with Crippen molar-refractivity contribution in [2.75, 3.05) is 0 Å². The van der Waals surface area contributed by atoms with Crippen molar-refractivity contribution in [3.63, 3.8) is 0 Å². The quantitative estimate of drug-likeness (QED) is 0.624. The zero-order valence-corrected chi connectivity index (χ0v) is 11.3. The Hall–Kier alpha value is -2.23. The Morgan fingerprint density at radius 1 is 1.37 bits per heavy atom. The fourth-order valence-electron chi connectivity index (χ4n) is 2.21. The van der Waals surface area contributed by atoms with Crippen molar-refractivity contribution >= 4 is 12.1 Å². The summed E-state index contributed by atoms with van der Waals surface area (Å²) in [6.07, 6.45) is 1.53. The summed E-state index contributed by atoms with van der Waals surface area (Å²) in [5.41, 5.74) is 2.39. The minimum atomic E-state index is -0.0313. The average molecular weight is 256 g/mol. The van der Waals surface area contributed by atoms with E-state index in [9.17, 15) is 9.59 Å². The number of aromatic nitrogens is 2. The van der Waals surface area contributed by atoms with Gasteiger partial charge in [0.15, 0.2) is 12.1 Å². The molecule has 2 aromatic rings. The van der Waals surface area contributed by atoms with Gasteiger partial charge in [-0.05, 0) is 6.92 Å². The van der Waals surface area contributed by atoms with Gasteiger partial charge in [-0.15, -0.1) is 0 Å². The molecule has 0 fully saturated rings. The summed E-state index contributed by atoms with van der Waals surface area (Å²) in [6, 6.07) is 7.24. The summed E-state index contributed by atoms with van der Waals surface area (Å²) in [4.78, 5) is 27.5. The van der Waals surface area contributed by atoms with Crippen molar-refractivity contribution in [2.24, 2.45) is 7.05 Å². The molecule has 2 rings (SSSR count). The third kappa shape index (κ3) is 2.21. The summed E-state index contributed by atoms with van der Waals surface area (Å²) in [6.45, 7) is 3.50. The first-order chi connectivity index (χ1) is 9.10. The van der Waals surface area contributed by atoms with Crippen LogP contribution in [-0.2, 0) is 13.5 Å². The number of aldehydes is 1. The normalized spacial score (nSPS) is 10.5. The fourth-order valence-corrected chi connectivity index (χ4v) is 2.21. The minimum Gasteiger partial charge on any atom is -0.328 e. The maximum atomic E-state index is 11.7. The van der Waals surface area contributed by atoms with Crippen molar-refractivity contribution < 1.29 is 9.59 Å². The highest BCUT2D eigenvalue weighted by Crippen LogP contribution is 2.26. The predicted molar refractivity (Wildman–Crippen MR) is 73.4 cm³/mol. The van der Waals surface area contributed by atoms with Gasteiger partial charge in [0.2, 0.25) is 0 Å². The number of imidazole rings is 1. The van der Waals surface area contributed by atoms with Gasteiger partial charge < -0.3 is 4.57 Å². The maximum absolute atomic E-state index is 11.7. The fraction of sp³-hybridized carbons (Fsp3) is 0.267. The molecule has 98 valence electrons. The molecule has 0 atom stereocenters. The van der Waals surface area contributed by atoms with E-state index >= 15 is 0 Å². The molecule has 0 N–H and O–H groups in total. The molecule has 1 aromatic heterocycles. The minimum absolute atomic E-state index is 0.0313. The van der Waals surface area contributed by atoms with Gasteiger partial charge in [-0.2, -0.15) is 0 Å². The summed E-state index contributed by atoms with van der Waals surface area (Å²) >= 11 is 0. The molecule has 0 aliphatic carbocycles. The number of hydrogen-bond donors (Lipinski definition) is 0. The molecule has 0 saturated carbocycles. The molecule has 0 aliphatic rings. The standard InChI is InChI=1S/C15H16N2O2/c1-4-14-16-15(13(9-18)17(14)3)12-8-6-5-7-11(12)10(2)19/h5-9H,4H2,1-3H3. The molecule has 0 bridgehead atoms. The molecular weight excluding hydrogens is 240 g/mol. The lowest BCUT2D eigenvalue weighted by molar-refractivity contribution is 0.101. The van der Waals surface area contributed by atoms with E-state index in [1.807, 2.05) is 32.2 Å². The number of carbonyl (C=O) groups is 2. The Morgan fingerprint density at radius 2 is 2.05 bits per heavy atom. The molecule has 0 amide bonds. The van der Waals surface area contributed by atoms with Crippen LogP contribution in [0.25, 0.3) is 11.3 Å². The molecule has 0 unspecified atom stereocenters. The second-order valence-corrected chi connectivity index (χ2v) is 4.39. The molecule has 1 heterocycles. The lowest BCUT2D eigenvalue weighted by atomic mass is 10.0. The molecule has 4 heteroatoms. The Bertz CT molecular complexity index is 642. The number of ketones is 1. The van der Waals surface area contributed by atoms with Crippen LogP contribution in [0.2, 0.25) is 0 Å². The van der Waals surface area contributed by atoms with Crippen molar-refractivity contribution in [3.05, 3.63) is 41.3 Å². The summed E-state index contributed by atoms with van der Waals surface area (Å²) in [7, 11) is 1.81. The van der Waals surface area contributed by atoms with E-state index < -0.39 is 0 Å². The number of nitrogens with zero attached hydrogens (tertiary/aromatic N) is 2. The molecule has 0 saturated heterocycles. The lowest BCUT2D eigenvalue weighted by Gasteiger charge is -2.05. The molecule has 0 radical (unpaired) electrons. The van der Waals surface area contributed by atoms with Gasteiger partial charge >= 0.3 is 0 Å². The van der Waals surface area contributed by atoms with Crippen LogP contribution >= 0.6 is 0 Å². The van der Waals surface area contributed by atoms with Gasteiger partial charge in [-0.3, -0.25) is 9.59 Å². The Kier molecular flexibility index (Phi) is 3.60. The molecule has 0 aliphatic heterocycles. The van der Waals surface area contributed by atoms with E-state index in [4.69, 9.17) is 0 Å². The second kappa shape index (κ2) is 5.18. The SMILES string of the molecule is CCc1nc(-c2ccccc2C(C)=O)c(C=O)n1C. The van der Waals surface area contributed by atoms with Crippen LogP contribution in [0.15, 0.2) is 24.3 Å².